The second-order valence-electron chi connectivity index (χ2n) is 8.73. The topological polar surface area (TPSA) is 97.8 Å². The lowest BCUT2D eigenvalue weighted by molar-refractivity contribution is 0.1000. The van der Waals surface area contributed by atoms with Gasteiger partial charge >= 0.3 is 0 Å². The number of carbonyl (C=O) groups is 1. The summed E-state index contributed by atoms with van der Waals surface area (Å²) in [5.74, 6) is 0.320. The second kappa shape index (κ2) is 8.05. The minimum absolute atomic E-state index is 0.255. The molecule has 2 fully saturated rings. The summed E-state index contributed by atoms with van der Waals surface area (Å²) in [5, 5.41) is 7.62. The Morgan fingerprint density at radius 3 is 2.75 bits per heavy atom. The van der Waals surface area contributed by atoms with Crippen molar-refractivity contribution in [2.24, 2.45) is 5.73 Å². The van der Waals surface area contributed by atoms with E-state index in [2.05, 4.69) is 20.3 Å². The number of pyridine rings is 1. The summed E-state index contributed by atoms with van der Waals surface area (Å²) < 4.78 is 22.0. The van der Waals surface area contributed by atoms with E-state index in [0.717, 1.165) is 36.5 Å². The molecule has 3 N–H and O–H groups in total. The van der Waals surface area contributed by atoms with Crippen molar-refractivity contribution < 1.29 is 13.9 Å². The van der Waals surface area contributed by atoms with Crippen molar-refractivity contribution >= 4 is 22.9 Å². The van der Waals surface area contributed by atoms with Crippen molar-refractivity contribution in [1.82, 2.24) is 14.6 Å². The van der Waals surface area contributed by atoms with Crippen LogP contribution in [0, 0.1) is 0 Å². The average Bonchev–Trinajstić information content (AvgIpc) is 3.37. The second-order valence-corrected chi connectivity index (χ2v) is 8.73. The van der Waals surface area contributed by atoms with Crippen LogP contribution in [0.15, 0.2) is 36.8 Å². The summed E-state index contributed by atoms with van der Waals surface area (Å²) in [4.78, 5) is 18.9. The maximum atomic E-state index is 14.9. The predicted molar refractivity (Wildman–Crippen MR) is 121 cm³/mol. The normalized spacial score (nSPS) is 23.6. The van der Waals surface area contributed by atoms with Crippen molar-refractivity contribution in [2.45, 2.75) is 37.9 Å². The first-order chi connectivity index (χ1) is 15.4. The van der Waals surface area contributed by atoms with Crippen molar-refractivity contribution in [3.63, 3.8) is 0 Å². The van der Waals surface area contributed by atoms with Gasteiger partial charge in [-0.25, -0.2) is 13.9 Å². The van der Waals surface area contributed by atoms with Crippen LogP contribution in [0.25, 0.3) is 16.6 Å². The molecule has 1 saturated carbocycles. The monoisotopic (exact) mass is 438 g/mol. The molecule has 2 atom stereocenters. The van der Waals surface area contributed by atoms with Gasteiger partial charge in [-0.3, -0.25) is 4.79 Å². The maximum Gasteiger partial charge on any atom is 0.252 e. The molecule has 4 heterocycles. The van der Waals surface area contributed by atoms with Gasteiger partial charge in [0.1, 0.15) is 11.5 Å². The molecule has 0 spiro atoms. The van der Waals surface area contributed by atoms with E-state index >= 15 is 0 Å². The Kier molecular flexibility index (Phi) is 5.21. The summed E-state index contributed by atoms with van der Waals surface area (Å²) in [6, 6.07) is 5.55. The van der Waals surface area contributed by atoms with Gasteiger partial charge in [0, 0.05) is 36.6 Å². The van der Waals surface area contributed by atoms with Crippen LogP contribution in [0.3, 0.4) is 0 Å². The number of hydrogen-bond donors (Lipinski definition) is 2. The van der Waals surface area contributed by atoms with E-state index in [9.17, 15) is 9.18 Å². The van der Waals surface area contributed by atoms with Crippen LogP contribution in [0.5, 0.6) is 0 Å². The van der Waals surface area contributed by atoms with Crippen LogP contribution in [-0.2, 0) is 4.74 Å². The highest BCUT2D eigenvalue weighted by Gasteiger charge is 2.39. The Morgan fingerprint density at radius 1 is 1.28 bits per heavy atom. The standard InChI is InChI=1S/C23H27FN6O2/c1-23(24)6-2-3-19(23)28-21-17(22(25)31)13-27-30-14-16(11-18(21)30)15-4-5-20(26-12-15)29-7-9-32-10-8-29/h4-5,11-14,19,28H,2-3,6-10H2,1H3,(H2,25,31)/t19-,23+/m1/s1. The molecule has 0 radical (unpaired) electrons. The van der Waals surface area contributed by atoms with Gasteiger partial charge in [-0.15, -0.1) is 0 Å². The van der Waals surface area contributed by atoms with Crippen LogP contribution in [0.2, 0.25) is 0 Å². The number of carbonyl (C=O) groups excluding carboxylic acids is 1. The van der Waals surface area contributed by atoms with E-state index in [1.165, 1.54) is 6.20 Å². The maximum absolute atomic E-state index is 14.9. The Balaban J connectivity index is 1.50. The molecule has 168 valence electrons. The molecule has 5 rings (SSSR count). The molecule has 1 amide bonds. The van der Waals surface area contributed by atoms with E-state index in [1.807, 2.05) is 30.6 Å². The number of nitrogens with two attached hydrogens (primary N) is 1. The van der Waals surface area contributed by atoms with Crippen molar-refractivity contribution in [1.29, 1.82) is 0 Å². The SMILES string of the molecule is C[C@]1(F)CCC[C@H]1Nc1c(C(N)=O)cnn2cc(-c3ccc(N4CCOCC4)nc3)cc12. The highest BCUT2D eigenvalue weighted by atomic mass is 19.1. The van der Waals surface area contributed by atoms with E-state index in [4.69, 9.17) is 10.5 Å². The third kappa shape index (κ3) is 3.77. The molecular formula is C23H27FN6O2. The molecule has 1 aliphatic carbocycles. The number of nitrogens with zero attached hydrogens (tertiary/aromatic N) is 4. The van der Waals surface area contributed by atoms with E-state index in [1.54, 1.807) is 11.4 Å². The zero-order valence-electron chi connectivity index (χ0n) is 18.1. The number of alkyl halides is 1. The number of morpholine rings is 1. The number of hydrogen-bond acceptors (Lipinski definition) is 6. The third-order valence-corrected chi connectivity index (χ3v) is 6.52. The molecule has 32 heavy (non-hydrogen) atoms. The van der Waals surface area contributed by atoms with Crippen molar-refractivity contribution in [3.8, 4) is 11.1 Å². The molecule has 0 aromatic carbocycles. The quantitative estimate of drug-likeness (QED) is 0.636. The number of anilines is 2. The first-order valence-corrected chi connectivity index (χ1v) is 11.0. The number of fused-ring (bicyclic) bond motifs is 1. The van der Waals surface area contributed by atoms with E-state index in [-0.39, 0.29) is 11.6 Å². The first-order valence-electron chi connectivity index (χ1n) is 11.0. The lowest BCUT2D eigenvalue weighted by Crippen LogP contribution is -2.36. The van der Waals surface area contributed by atoms with Crippen molar-refractivity contribution in [2.75, 3.05) is 36.5 Å². The first kappa shape index (κ1) is 20.7. The van der Waals surface area contributed by atoms with Gasteiger partial charge < -0.3 is 20.7 Å². The molecule has 1 saturated heterocycles. The lowest BCUT2D eigenvalue weighted by Gasteiger charge is -2.27. The Labute approximate surface area is 185 Å². The van der Waals surface area contributed by atoms with Crippen molar-refractivity contribution in [3.05, 3.63) is 42.4 Å². The van der Waals surface area contributed by atoms with Crippen LogP contribution in [0.4, 0.5) is 15.9 Å². The Bertz CT molecular complexity index is 1140. The van der Waals surface area contributed by atoms with E-state index < -0.39 is 11.6 Å². The van der Waals surface area contributed by atoms with Gasteiger partial charge in [-0.1, -0.05) is 0 Å². The summed E-state index contributed by atoms with van der Waals surface area (Å²) in [6.45, 7) is 4.66. The summed E-state index contributed by atoms with van der Waals surface area (Å²) >= 11 is 0. The van der Waals surface area contributed by atoms with Gasteiger partial charge in [0.05, 0.1) is 42.2 Å². The summed E-state index contributed by atoms with van der Waals surface area (Å²) in [7, 11) is 0. The minimum Gasteiger partial charge on any atom is -0.378 e. The fourth-order valence-electron chi connectivity index (χ4n) is 4.61. The van der Waals surface area contributed by atoms with Crippen LogP contribution in [0.1, 0.15) is 36.5 Å². The summed E-state index contributed by atoms with van der Waals surface area (Å²) in [5.41, 5.74) is 7.54. The number of primary amides is 1. The third-order valence-electron chi connectivity index (χ3n) is 6.52. The van der Waals surface area contributed by atoms with Gasteiger partial charge in [-0.05, 0) is 44.4 Å². The molecule has 8 nitrogen and oxygen atoms in total. The fourth-order valence-corrected chi connectivity index (χ4v) is 4.61. The molecule has 0 bridgehead atoms. The van der Waals surface area contributed by atoms with E-state index in [0.29, 0.717) is 37.3 Å². The predicted octanol–water partition coefficient (Wildman–Crippen LogP) is 3.02. The Morgan fingerprint density at radius 2 is 2.09 bits per heavy atom. The molecule has 3 aromatic heterocycles. The highest BCUT2D eigenvalue weighted by molar-refractivity contribution is 6.02. The van der Waals surface area contributed by atoms with Crippen LogP contribution < -0.4 is 16.0 Å². The van der Waals surface area contributed by atoms with Gasteiger partial charge in [0.2, 0.25) is 0 Å². The average molecular weight is 439 g/mol. The van der Waals surface area contributed by atoms with Gasteiger partial charge in [-0.2, -0.15) is 5.10 Å². The number of amides is 1. The lowest BCUT2D eigenvalue weighted by atomic mass is 10.0. The number of aromatic nitrogens is 3. The molecule has 2 aliphatic rings. The molecule has 9 heteroatoms. The zero-order valence-corrected chi connectivity index (χ0v) is 18.1. The summed E-state index contributed by atoms with van der Waals surface area (Å²) in [6.07, 6.45) is 7.12. The van der Waals surface area contributed by atoms with Crippen LogP contribution >= 0.6 is 0 Å². The minimum atomic E-state index is -1.34. The molecule has 0 unspecified atom stereocenters. The highest BCUT2D eigenvalue weighted by Crippen LogP contribution is 2.37. The van der Waals surface area contributed by atoms with Crippen LogP contribution in [-0.4, -0.2) is 58.5 Å². The fraction of sp³-hybridized carbons (Fsp3) is 0.435. The number of rotatable bonds is 5. The Hall–Kier alpha value is -3.20. The van der Waals surface area contributed by atoms with Gasteiger partial charge in [0.15, 0.2) is 0 Å². The zero-order chi connectivity index (χ0) is 22.3. The molecule has 3 aromatic rings. The molecular weight excluding hydrogens is 411 g/mol. The largest absolute Gasteiger partial charge is 0.378 e. The van der Waals surface area contributed by atoms with Gasteiger partial charge in [0.25, 0.3) is 5.91 Å². The molecule has 1 aliphatic heterocycles. The number of halogens is 1. The number of nitrogens with one attached hydrogen (secondary N) is 1. The number of ether oxygens (including phenoxy) is 1. The smallest absolute Gasteiger partial charge is 0.252 e.